The number of carbonyl (C=O) groups is 1. The summed E-state index contributed by atoms with van der Waals surface area (Å²) in [4.78, 5) is 11.9. The first-order valence-electron chi connectivity index (χ1n) is 6.32. The zero-order valence-corrected chi connectivity index (χ0v) is 11.5. The Bertz CT molecular complexity index is 488. The maximum atomic E-state index is 11.9. The van der Waals surface area contributed by atoms with Gasteiger partial charge in [-0.2, -0.15) is 0 Å². The van der Waals surface area contributed by atoms with E-state index in [1.165, 1.54) is 12.7 Å². The zero-order chi connectivity index (χ0) is 14.0. The SMILES string of the molecule is COCC(N)C(=O)NC1COc2c1ccc(C)c2C. The van der Waals surface area contributed by atoms with Crippen LogP contribution in [0.4, 0.5) is 0 Å². The van der Waals surface area contributed by atoms with Crippen molar-refractivity contribution >= 4 is 5.91 Å². The number of aryl methyl sites for hydroxylation is 1. The number of rotatable bonds is 4. The third-order valence-electron chi connectivity index (χ3n) is 3.48. The van der Waals surface area contributed by atoms with Crippen LogP contribution in [0.1, 0.15) is 22.7 Å². The molecule has 0 saturated heterocycles. The third kappa shape index (κ3) is 2.72. The van der Waals surface area contributed by atoms with Crippen LogP contribution in [0, 0.1) is 13.8 Å². The van der Waals surface area contributed by atoms with Crippen LogP contribution in [0.25, 0.3) is 0 Å². The van der Waals surface area contributed by atoms with E-state index in [1.54, 1.807) is 0 Å². The normalized spacial score (nSPS) is 18.6. The Labute approximate surface area is 113 Å². The maximum Gasteiger partial charge on any atom is 0.239 e. The summed E-state index contributed by atoms with van der Waals surface area (Å²) >= 11 is 0. The Morgan fingerprint density at radius 2 is 2.32 bits per heavy atom. The minimum absolute atomic E-state index is 0.135. The number of ether oxygens (including phenoxy) is 2. The number of amides is 1. The molecule has 0 aromatic heterocycles. The molecule has 1 heterocycles. The van der Waals surface area contributed by atoms with E-state index in [9.17, 15) is 4.79 Å². The average Bonchev–Trinajstić information content (AvgIpc) is 2.78. The van der Waals surface area contributed by atoms with Crippen molar-refractivity contribution in [2.45, 2.75) is 25.9 Å². The van der Waals surface area contributed by atoms with Gasteiger partial charge >= 0.3 is 0 Å². The molecule has 1 amide bonds. The lowest BCUT2D eigenvalue weighted by molar-refractivity contribution is -0.124. The Morgan fingerprint density at radius 3 is 3.00 bits per heavy atom. The molecule has 0 saturated carbocycles. The van der Waals surface area contributed by atoms with E-state index in [-0.39, 0.29) is 18.6 Å². The molecule has 2 unspecified atom stereocenters. The van der Waals surface area contributed by atoms with Gasteiger partial charge < -0.3 is 20.5 Å². The molecule has 2 rings (SSSR count). The first kappa shape index (κ1) is 13.8. The van der Waals surface area contributed by atoms with E-state index in [2.05, 4.69) is 5.32 Å². The zero-order valence-electron chi connectivity index (χ0n) is 11.5. The first-order chi connectivity index (χ1) is 9.04. The summed E-state index contributed by atoms with van der Waals surface area (Å²) in [5.41, 5.74) is 9.02. The Morgan fingerprint density at radius 1 is 1.58 bits per heavy atom. The molecular weight excluding hydrogens is 244 g/mol. The molecule has 1 aromatic rings. The minimum atomic E-state index is -0.652. The second kappa shape index (κ2) is 5.59. The van der Waals surface area contributed by atoms with Crippen molar-refractivity contribution in [1.82, 2.24) is 5.32 Å². The molecule has 1 aliphatic rings. The highest BCUT2D eigenvalue weighted by molar-refractivity contribution is 5.82. The van der Waals surface area contributed by atoms with Gasteiger partial charge in [0, 0.05) is 12.7 Å². The summed E-state index contributed by atoms with van der Waals surface area (Å²) in [6.07, 6.45) is 0. The standard InChI is InChI=1S/C14H20N2O3/c1-8-4-5-10-12(7-19-13(10)9(8)2)16-14(17)11(15)6-18-3/h4-5,11-12H,6-7,15H2,1-3H3,(H,16,17). The highest BCUT2D eigenvalue weighted by Crippen LogP contribution is 2.36. The summed E-state index contributed by atoms with van der Waals surface area (Å²) in [5.74, 6) is 0.659. The summed E-state index contributed by atoms with van der Waals surface area (Å²) < 4.78 is 10.6. The summed E-state index contributed by atoms with van der Waals surface area (Å²) in [5, 5.41) is 2.90. The van der Waals surface area contributed by atoms with Crippen LogP contribution in [0.5, 0.6) is 5.75 Å². The fraction of sp³-hybridized carbons (Fsp3) is 0.500. The van der Waals surface area contributed by atoms with Crippen molar-refractivity contribution in [1.29, 1.82) is 0 Å². The van der Waals surface area contributed by atoms with Gasteiger partial charge in [0.2, 0.25) is 5.91 Å². The van der Waals surface area contributed by atoms with E-state index in [1.807, 2.05) is 26.0 Å². The first-order valence-corrected chi connectivity index (χ1v) is 6.32. The number of nitrogens with two attached hydrogens (primary N) is 1. The summed E-state index contributed by atoms with van der Waals surface area (Å²) in [7, 11) is 1.52. The van der Waals surface area contributed by atoms with Crippen LogP contribution < -0.4 is 15.8 Å². The molecule has 2 atom stereocenters. The predicted octanol–water partition coefficient (Wildman–Crippen LogP) is 0.827. The number of methoxy groups -OCH3 is 1. The van der Waals surface area contributed by atoms with Gasteiger partial charge in [0.25, 0.3) is 0 Å². The molecule has 5 nitrogen and oxygen atoms in total. The second-order valence-corrected chi connectivity index (χ2v) is 4.86. The van der Waals surface area contributed by atoms with E-state index in [0.717, 1.165) is 16.9 Å². The number of nitrogens with one attached hydrogen (secondary N) is 1. The van der Waals surface area contributed by atoms with E-state index < -0.39 is 6.04 Å². The van der Waals surface area contributed by atoms with Crippen LogP contribution in [0.2, 0.25) is 0 Å². The molecule has 19 heavy (non-hydrogen) atoms. The van der Waals surface area contributed by atoms with Gasteiger partial charge in [0.05, 0.1) is 12.6 Å². The summed E-state index contributed by atoms with van der Waals surface area (Å²) in [6.45, 7) is 4.72. The molecule has 0 spiro atoms. The monoisotopic (exact) mass is 264 g/mol. The molecule has 104 valence electrons. The quantitative estimate of drug-likeness (QED) is 0.844. The van der Waals surface area contributed by atoms with Crippen molar-refractivity contribution in [3.8, 4) is 5.75 Å². The number of hydrogen-bond acceptors (Lipinski definition) is 4. The lowest BCUT2D eigenvalue weighted by atomic mass is 10.0. The molecule has 3 N–H and O–H groups in total. The van der Waals surface area contributed by atoms with E-state index in [4.69, 9.17) is 15.2 Å². The van der Waals surface area contributed by atoms with Crippen LogP contribution in [-0.4, -0.2) is 32.3 Å². The van der Waals surface area contributed by atoms with Crippen LogP contribution in [-0.2, 0) is 9.53 Å². The number of hydrogen-bond donors (Lipinski definition) is 2. The highest BCUT2D eigenvalue weighted by atomic mass is 16.5. The Balaban J connectivity index is 2.11. The third-order valence-corrected chi connectivity index (χ3v) is 3.48. The van der Waals surface area contributed by atoms with Crippen molar-refractivity contribution in [2.24, 2.45) is 5.73 Å². The predicted molar refractivity (Wildman–Crippen MR) is 72.1 cm³/mol. The maximum absolute atomic E-state index is 11.9. The van der Waals surface area contributed by atoms with E-state index >= 15 is 0 Å². The van der Waals surface area contributed by atoms with Gasteiger partial charge in [-0.05, 0) is 25.0 Å². The average molecular weight is 264 g/mol. The summed E-state index contributed by atoms with van der Waals surface area (Å²) in [6, 6.07) is 3.25. The highest BCUT2D eigenvalue weighted by Gasteiger charge is 2.28. The van der Waals surface area contributed by atoms with Crippen LogP contribution in [0.15, 0.2) is 12.1 Å². The topological polar surface area (TPSA) is 73.6 Å². The van der Waals surface area contributed by atoms with Gasteiger partial charge in [0.15, 0.2) is 0 Å². The van der Waals surface area contributed by atoms with Crippen LogP contribution >= 0.6 is 0 Å². The molecule has 0 fully saturated rings. The largest absolute Gasteiger partial charge is 0.490 e. The van der Waals surface area contributed by atoms with Crippen molar-refractivity contribution < 1.29 is 14.3 Å². The lowest BCUT2D eigenvalue weighted by Gasteiger charge is -2.16. The smallest absolute Gasteiger partial charge is 0.239 e. The molecule has 1 aromatic carbocycles. The van der Waals surface area contributed by atoms with Crippen LogP contribution in [0.3, 0.4) is 0 Å². The van der Waals surface area contributed by atoms with Gasteiger partial charge in [-0.3, -0.25) is 4.79 Å². The van der Waals surface area contributed by atoms with Crippen molar-refractivity contribution in [3.63, 3.8) is 0 Å². The molecule has 1 aliphatic heterocycles. The fourth-order valence-electron chi connectivity index (χ4n) is 2.19. The minimum Gasteiger partial charge on any atom is -0.490 e. The van der Waals surface area contributed by atoms with E-state index in [0.29, 0.717) is 6.61 Å². The Kier molecular flexibility index (Phi) is 4.07. The van der Waals surface area contributed by atoms with Gasteiger partial charge in [-0.15, -0.1) is 0 Å². The van der Waals surface area contributed by atoms with Gasteiger partial charge in [-0.1, -0.05) is 12.1 Å². The van der Waals surface area contributed by atoms with Gasteiger partial charge in [-0.25, -0.2) is 0 Å². The fourth-order valence-corrected chi connectivity index (χ4v) is 2.19. The molecule has 5 heteroatoms. The molecule has 0 radical (unpaired) electrons. The second-order valence-electron chi connectivity index (χ2n) is 4.86. The molecule has 0 bridgehead atoms. The van der Waals surface area contributed by atoms with Gasteiger partial charge in [0.1, 0.15) is 18.4 Å². The number of fused-ring (bicyclic) bond motifs is 1. The van der Waals surface area contributed by atoms with Crippen molar-refractivity contribution in [3.05, 3.63) is 28.8 Å². The molecular formula is C14H20N2O3. The number of benzene rings is 1. The number of carbonyl (C=O) groups excluding carboxylic acids is 1. The molecule has 0 aliphatic carbocycles. The Hall–Kier alpha value is -1.59. The lowest BCUT2D eigenvalue weighted by Crippen LogP contribution is -2.45. The van der Waals surface area contributed by atoms with Crippen molar-refractivity contribution in [2.75, 3.05) is 20.3 Å².